The van der Waals surface area contributed by atoms with E-state index in [0.717, 1.165) is 35.7 Å². The van der Waals surface area contributed by atoms with Crippen molar-refractivity contribution >= 4 is 28.5 Å². The molecule has 0 aliphatic carbocycles. The third-order valence-corrected chi connectivity index (χ3v) is 4.58. The lowest BCUT2D eigenvalue weighted by atomic mass is 10.1. The fourth-order valence-corrected chi connectivity index (χ4v) is 3.31. The van der Waals surface area contributed by atoms with E-state index in [1.807, 2.05) is 29.5 Å². The molecule has 0 unspecified atom stereocenters. The van der Waals surface area contributed by atoms with Crippen molar-refractivity contribution in [2.24, 2.45) is 0 Å². The maximum Gasteiger partial charge on any atom is 0.150 e. The summed E-state index contributed by atoms with van der Waals surface area (Å²) in [5, 5.41) is 1.03. The van der Waals surface area contributed by atoms with Crippen LogP contribution >= 0.6 is 11.3 Å². The van der Waals surface area contributed by atoms with Crippen molar-refractivity contribution in [3.63, 3.8) is 0 Å². The van der Waals surface area contributed by atoms with Gasteiger partial charge < -0.3 is 4.57 Å². The van der Waals surface area contributed by atoms with Crippen molar-refractivity contribution in [3.05, 3.63) is 57.9 Å². The molecule has 0 N–H and O–H groups in total. The molecule has 1 aromatic carbocycles. The molecule has 0 radical (unpaired) electrons. The molecule has 0 aliphatic heterocycles. The third kappa shape index (κ3) is 2.22. The zero-order valence-corrected chi connectivity index (χ0v) is 11.6. The van der Waals surface area contributed by atoms with Gasteiger partial charge >= 0.3 is 0 Å². The molecule has 0 saturated heterocycles. The molecule has 3 aromatic rings. The van der Waals surface area contributed by atoms with Gasteiger partial charge in [-0.1, -0.05) is 19.1 Å². The number of aryl methyl sites for hydroxylation is 1. The van der Waals surface area contributed by atoms with Crippen LogP contribution < -0.4 is 0 Å². The van der Waals surface area contributed by atoms with Crippen molar-refractivity contribution in [3.8, 4) is 0 Å². The maximum absolute atomic E-state index is 11.0. The highest BCUT2D eigenvalue weighted by molar-refractivity contribution is 7.11. The number of aldehydes is 1. The molecule has 96 valence electrons. The summed E-state index contributed by atoms with van der Waals surface area (Å²) in [6, 6.07) is 12.3. The summed E-state index contributed by atoms with van der Waals surface area (Å²) in [7, 11) is 0. The van der Waals surface area contributed by atoms with Gasteiger partial charge in [0.25, 0.3) is 0 Å². The van der Waals surface area contributed by atoms with Crippen LogP contribution in [0.1, 0.15) is 27.0 Å². The van der Waals surface area contributed by atoms with Crippen LogP contribution in [0, 0.1) is 0 Å². The van der Waals surface area contributed by atoms with Gasteiger partial charge in [0.2, 0.25) is 0 Å². The van der Waals surface area contributed by atoms with E-state index in [1.165, 1.54) is 9.75 Å². The SMILES string of the molecule is CCc1ccc(Cn2ccc3c(C=O)cccc32)s1. The lowest BCUT2D eigenvalue weighted by Crippen LogP contribution is -1.95. The molecule has 3 heteroatoms. The molecular weight excluding hydrogens is 254 g/mol. The van der Waals surface area contributed by atoms with Crippen LogP contribution in [0.3, 0.4) is 0 Å². The van der Waals surface area contributed by atoms with E-state index < -0.39 is 0 Å². The number of carbonyl (C=O) groups is 1. The fourth-order valence-electron chi connectivity index (χ4n) is 2.35. The van der Waals surface area contributed by atoms with Gasteiger partial charge in [-0.05, 0) is 30.7 Å². The molecule has 3 rings (SSSR count). The number of thiophene rings is 1. The zero-order valence-electron chi connectivity index (χ0n) is 10.8. The molecule has 19 heavy (non-hydrogen) atoms. The molecular formula is C16H15NOS. The minimum Gasteiger partial charge on any atom is -0.342 e. The highest BCUT2D eigenvalue weighted by Gasteiger charge is 2.06. The normalized spacial score (nSPS) is 11.0. The predicted octanol–water partition coefficient (Wildman–Crippen LogP) is 4.13. The van der Waals surface area contributed by atoms with Crippen LogP contribution in [-0.4, -0.2) is 10.9 Å². The Kier molecular flexibility index (Phi) is 3.22. The Balaban J connectivity index is 1.99. The second-order valence-corrected chi connectivity index (χ2v) is 5.82. The van der Waals surface area contributed by atoms with Crippen molar-refractivity contribution in [1.29, 1.82) is 0 Å². The van der Waals surface area contributed by atoms with Gasteiger partial charge in [0.15, 0.2) is 6.29 Å². The minimum absolute atomic E-state index is 0.761. The zero-order chi connectivity index (χ0) is 13.2. The fraction of sp³-hybridized carbons (Fsp3) is 0.188. The van der Waals surface area contributed by atoms with Crippen LogP contribution in [0.4, 0.5) is 0 Å². The van der Waals surface area contributed by atoms with Gasteiger partial charge in [-0.2, -0.15) is 0 Å². The van der Waals surface area contributed by atoms with Crippen molar-refractivity contribution in [2.45, 2.75) is 19.9 Å². The number of hydrogen-bond acceptors (Lipinski definition) is 2. The molecule has 0 aliphatic rings. The number of carbonyl (C=O) groups excluding carboxylic acids is 1. The number of fused-ring (bicyclic) bond motifs is 1. The average molecular weight is 269 g/mol. The highest BCUT2D eigenvalue weighted by Crippen LogP contribution is 2.23. The van der Waals surface area contributed by atoms with Gasteiger partial charge in [0, 0.05) is 32.4 Å². The number of rotatable bonds is 4. The quantitative estimate of drug-likeness (QED) is 0.653. The lowest BCUT2D eigenvalue weighted by molar-refractivity contribution is 0.112. The molecule has 0 bridgehead atoms. The molecule has 2 nitrogen and oxygen atoms in total. The minimum atomic E-state index is 0.761. The van der Waals surface area contributed by atoms with E-state index in [1.54, 1.807) is 0 Å². The summed E-state index contributed by atoms with van der Waals surface area (Å²) in [5.41, 5.74) is 1.88. The topological polar surface area (TPSA) is 22.0 Å². The molecule has 2 heterocycles. The molecule has 0 amide bonds. The first-order valence-corrected chi connectivity index (χ1v) is 7.24. The maximum atomic E-state index is 11.0. The molecule has 0 fully saturated rings. The first-order chi connectivity index (χ1) is 9.31. The van der Waals surface area contributed by atoms with Crippen LogP contribution in [-0.2, 0) is 13.0 Å². The van der Waals surface area contributed by atoms with Crippen molar-refractivity contribution < 1.29 is 4.79 Å². The Morgan fingerprint density at radius 2 is 2.00 bits per heavy atom. The van der Waals surface area contributed by atoms with Crippen LogP contribution in [0.15, 0.2) is 42.6 Å². The largest absolute Gasteiger partial charge is 0.342 e. The van der Waals surface area contributed by atoms with Gasteiger partial charge in [-0.3, -0.25) is 4.79 Å². The smallest absolute Gasteiger partial charge is 0.150 e. The number of aromatic nitrogens is 1. The van der Waals surface area contributed by atoms with E-state index in [4.69, 9.17) is 0 Å². The third-order valence-electron chi connectivity index (χ3n) is 3.37. The Morgan fingerprint density at radius 1 is 1.16 bits per heavy atom. The standard InChI is InChI=1S/C16H15NOS/c1-2-13-6-7-14(19-13)10-17-9-8-15-12(11-18)4-3-5-16(15)17/h3-9,11H,2,10H2,1H3. The summed E-state index contributed by atoms with van der Waals surface area (Å²) in [6.07, 6.45) is 4.07. The molecule has 2 aromatic heterocycles. The number of nitrogens with zero attached hydrogens (tertiary/aromatic N) is 1. The van der Waals surface area contributed by atoms with Crippen LogP contribution in [0.25, 0.3) is 10.9 Å². The molecule has 0 atom stereocenters. The Hall–Kier alpha value is -1.87. The average Bonchev–Trinajstić information content (AvgIpc) is 3.06. The van der Waals surface area contributed by atoms with E-state index >= 15 is 0 Å². The first-order valence-electron chi connectivity index (χ1n) is 6.42. The van der Waals surface area contributed by atoms with Crippen molar-refractivity contribution in [1.82, 2.24) is 4.57 Å². The first kappa shape index (κ1) is 12.2. The lowest BCUT2D eigenvalue weighted by Gasteiger charge is -2.03. The second kappa shape index (κ2) is 5.02. The monoisotopic (exact) mass is 269 g/mol. The van der Waals surface area contributed by atoms with Crippen molar-refractivity contribution in [2.75, 3.05) is 0 Å². The second-order valence-electron chi connectivity index (χ2n) is 4.56. The number of hydrogen-bond donors (Lipinski definition) is 0. The van der Waals surface area contributed by atoms with E-state index in [9.17, 15) is 4.79 Å². The van der Waals surface area contributed by atoms with Crippen LogP contribution in [0.2, 0.25) is 0 Å². The predicted molar refractivity (Wildman–Crippen MR) is 80.1 cm³/mol. The molecule has 0 saturated carbocycles. The highest BCUT2D eigenvalue weighted by atomic mass is 32.1. The summed E-state index contributed by atoms with van der Waals surface area (Å²) < 4.78 is 2.20. The van der Waals surface area contributed by atoms with E-state index in [-0.39, 0.29) is 0 Å². The van der Waals surface area contributed by atoms with Gasteiger partial charge in [-0.15, -0.1) is 11.3 Å². The van der Waals surface area contributed by atoms with Crippen LogP contribution in [0.5, 0.6) is 0 Å². The van der Waals surface area contributed by atoms with Gasteiger partial charge in [-0.25, -0.2) is 0 Å². The molecule has 0 spiro atoms. The Morgan fingerprint density at radius 3 is 2.74 bits per heavy atom. The number of benzene rings is 1. The van der Waals surface area contributed by atoms with Gasteiger partial charge in [0.1, 0.15) is 0 Å². The van der Waals surface area contributed by atoms with E-state index in [0.29, 0.717) is 0 Å². The summed E-state index contributed by atoms with van der Waals surface area (Å²) in [4.78, 5) is 13.8. The summed E-state index contributed by atoms with van der Waals surface area (Å²) in [6.45, 7) is 3.05. The summed E-state index contributed by atoms with van der Waals surface area (Å²) >= 11 is 1.86. The Bertz CT molecular complexity index is 723. The Labute approximate surface area is 116 Å². The van der Waals surface area contributed by atoms with Gasteiger partial charge in [0.05, 0.1) is 6.54 Å². The summed E-state index contributed by atoms with van der Waals surface area (Å²) in [5.74, 6) is 0. The van der Waals surface area contributed by atoms with E-state index in [2.05, 4.69) is 35.9 Å².